The van der Waals surface area contributed by atoms with Gasteiger partial charge in [-0.15, -0.1) is 0 Å². The number of carbonyl (C=O) groups is 2. The van der Waals surface area contributed by atoms with Crippen molar-refractivity contribution in [2.45, 2.75) is 6.92 Å². The van der Waals surface area contributed by atoms with E-state index in [4.69, 9.17) is 21.1 Å². The Morgan fingerprint density at radius 1 is 1.00 bits per heavy atom. The third-order valence-electron chi connectivity index (χ3n) is 4.35. The quantitative estimate of drug-likeness (QED) is 0.339. The fraction of sp³-hybridized carbons (Fsp3) is 0.130. The SMILES string of the molecule is CCOc1ccc(NC(=O)c2ccccc2NC(=O)COc2ccc([N+](=O)[O-])cc2Cl)cc1. The second kappa shape index (κ2) is 11.0. The van der Waals surface area contributed by atoms with Crippen molar-refractivity contribution in [2.24, 2.45) is 0 Å². The average Bonchev–Trinajstić information content (AvgIpc) is 2.80. The standard InChI is InChI=1S/C23H20ClN3O6/c1-2-32-17-10-7-15(8-11-17)25-23(29)18-5-3-4-6-20(18)26-22(28)14-33-21-12-9-16(27(30)31)13-19(21)24/h3-13H,2,14H2,1H3,(H,25,29)(H,26,28). The van der Waals surface area contributed by atoms with Crippen molar-refractivity contribution >= 4 is 40.5 Å². The van der Waals surface area contributed by atoms with Crippen molar-refractivity contribution < 1.29 is 24.0 Å². The highest BCUT2D eigenvalue weighted by Gasteiger charge is 2.15. The van der Waals surface area contributed by atoms with E-state index in [1.807, 2.05) is 6.92 Å². The van der Waals surface area contributed by atoms with E-state index in [0.717, 1.165) is 6.07 Å². The van der Waals surface area contributed by atoms with Crippen LogP contribution in [0.15, 0.2) is 66.7 Å². The number of nitro benzene ring substituents is 1. The molecule has 33 heavy (non-hydrogen) atoms. The monoisotopic (exact) mass is 469 g/mol. The van der Waals surface area contributed by atoms with Crippen LogP contribution in [0.25, 0.3) is 0 Å². The lowest BCUT2D eigenvalue weighted by Gasteiger charge is -2.13. The van der Waals surface area contributed by atoms with Gasteiger partial charge in [-0.2, -0.15) is 0 Å². The molecule has 0 aromatic heterocycles. The molecular weight excluding hydrogens is 450 g/mol. The zero-order chi connectivity index (χ0) is 23.8. The van der Waals surface area contributed by atoms with Gasteiger partial charge in [-0.1, -0.05) is 23.7 Å². The van der Waals surface area contributed by atoms with Crippen molar-refractivity contribution in [3.8, 4) is 11.5 Å². The molecule has 0 aliphatic carbocycles. The molecule has 0 saturated carbocycles. The van der Waals surface area contributed by atoms with Crippen molar-refractivity contribution in [3.63, 3.8) is 0 Å². The molecule has 3 aromatic carbocycles. The molecule has 0 aliphatic rings. The number of para-hydroxylation sites is 1. The number of ether oxygens (including phenoxy) is 2. The van der Waals surface area contributed by atoms with Gasteiger partial charge in [-0.25, -0.2) is 0 Å². The lowest BCUT2D eigenvalue weighted by atomic mass is 10.1. The van der Waals surface area contributed by atoms with Gasteiger partial charge in [0.25, 0.3) is 17.5 Å². The minimum absolute atomic E-state index is 0.00660. The summed E-state index contributed by atoms with van der Waals surface area (Å²) in [4.78, 5) is 35.3. The number of nitro groups is 1. The zero-order valence-electron chi connectivity index (χ0n) is 17.5. The molecule has 10 heteroatoms. The van der Waals surface area contributed by atoms with E-state index in [1.54, 1.807) is 48.5 Å². The molecule has 0 unspecified atom stereocenters. The number of hydrogen-bond acceptors (Lipinski definition) is 6. The second-order valence-corrected chi connectivity index (χ2v) is 7.07. The summed E-state index contributed by atoms with van der Waals surface area (Å²) in [5, 5.41) is 16.2. The van der Waals surface area contributed by atoms with Gasteiger partial charge in [-0.05, 0) is 49.4 Å². The highest BCUT2D eigenvalue weighted by molar-refractivity contribution is 6.32. The Morgan fingerprint density at radius 3 is 2.39 bits per heavy atom. The van der Waals surface area contributed by atoms with Crippen LogP contribution < -0.4 is 20.1 Å². The first-order valence-corrected chi connectivity index (χ1v) is 10.2. The number of halogens is 1. The fourth-order valence-electron chi connectivity index (χ4n) is 2.84. The molecule has 0 fully saturated rings. The lowest BCUT2D eigenvalue weighted by molar-refractivity contribution is -0.384. The van der Waals surface area contributed by atoms with Crippen LogP contribution in [0.3, 0.4) is 0 Å². The molecule has 0 radical (unpaired) electrons. The second-order valence-electron chi connectivity index (χ2n) is 6.67. The number of nitrogens with one attached hydrogen (secondary N) is 2. The Balaban J connectivity index is 1.63. The van der Waals surface area contributed by atoms with Gasteiger partial charge in [0.2, 0.25) is 0 Å². The predicted molar refractivity (Wildman–Crippen MR) is 124 cm³/mol. The number of benzene rings is 3. The van der Waals surface area contributed by atoms with E-state index in [2.05, 4.69) is 10.6 Å². The van der Waals surface area contributed by atoms with Crippen LogP contribution in [-0.2, 0) is 4.79 Å². The fourth-order valence-corrected chi connectivity index (χ4v) is 3.07. The molecule has 0 heterocycles. The molecule has 0 spiro atoms. The highest BCUT2D eigenvalue weighted by Crippen LogP contribution is 2.28. The van der Waals surface area contributed by atoms with Crippen LogP contribution in [-0.4, -0.2) is 30.0 Å². The van der Waals surface area contributed by atoms with Crippen molar-refractivity contribution in [1.29, 1.82) is 0 Å². The largest absolute Gasteiger partial charge is 0.494 e. The van der Waals surface area contributed by atoms with E-state index < -0.39 is 23.3 Å². The van der Waals surface area contributed by atoms with Gasteiger partial charge in [-0.3, -0.25) is 19.7 Å². The minimum Gasteiger partial charge on any atom is -0.494 e. The van der Waals surface area contributed by atoms with Crippen LogP contribution in [0, 0.1) is 10.1 Å². The summed E-state index contributed by atoms with van der Waals surface area (Å²) in [7, 11) is 0. The van der Waals surface area contributed by atoms with Crippen molar-refractivity contribution in [3.05, 3.63) is 87.4 Å². The van der Waals surface area contributed by atoms with Gasteiger partial charge in [0, 0.05) is 17.8 Å². The number of nitrogens with zero attached hydrogens (tertiary/aromatic N) is 1. The summed E-state index contributed by atoms with van der Waals surface area (Å²) in [5.41, 5.74) is 0.933. The van der Waals surface area contributed by atoms with E-state index in [9.17, 15) is 19.7 Å². The molecule has 170 valence electrons. The Bertz CT molecular complexity index is 1170. The van der Waals surface area contributed by atoms with Gasteiger partial charge < -0.3 is 20.1 Å². The van der Waals surface area contributed by atoms with Crippen molar-refractivity contribution in [2.75, 3.05) is 23.8 Å². The van der Waals surface area contributed by atoms with E-state index in [-0.39, 0.29) is 22.0 Å². The summed E-state index contributed by atoms with van der Waals surface area (Å²) in [5.74, 6) is -0.129. The molecule has 9 nitrogen and oxygen atoms in total. The number of carbonyl (C=O) groups excluding carboxylic acids is 2. The molecule has 0 aliphatic heterocycles. The average molecular weight is 470 g/mol. The van der Waals surface area contributed by atoms with E-state index in [1.165, 1.54) is 12.1 Å². The summed E-state index contributed by atoms with van der Waals surface area (Å²) in [6, 6.07) is 17.1. The molecular formula is C23H20ClN3O6. The van der Waals surface area contributed by atoms with Crippen molar-refractivity contribution in [1.82, 2.24) is 0 Å². The minimum atomic E-state index is -0.586. The first kappa shape index (κ1) is 23.6. The predicted octanol–water partition coefficient (Wildman–Crippen LogP) is 4.92. The van der Waals surface area contributed by atoms with Crippen LogP contribution >= 0.6 is 11.6 Å². The molecule has 0 bridgehead atoms. The normalized spacial score (nSPS) is 10.2. The number of rotatable bonds is 9. The van der Waals surface area contributed by atoms with Crippen LogP contribution in [0.5, 0.6) is 11.5 Å². The summed E-state index contributed by atoms with van der Waals surface area (Å²) < 4.78 is 10.7. The number of amides is 2. The van der Waals surface area contributed by atoms with Crippen LogP contribution in [0.2, 0.25) is 5.02 Å². The smallest absolute Gasteiger partial charge is 0.271 e. The Morgan fingerprint density at radius 2 is 1.73 bits per heavy atom. The van der Waals surface area contributed by atoms with Crippen LogP contribution in [0.4, 0.5) is 17.1 Å². The third-order valence-corrected chi connectivity index (χ3v) is 4.65. The molecule has 3 aromatic rings. The zero-order valence-corrected chi connectivity index (χ0v) is 18.3. The van der Waals surface area contributed by atoms with Gasteiger partial charge >= 0.3 is 0 Å². The lowest BCUT2D eigenvalue weighted by Crippen LogP contribution is -2.22. The molecule has 2 amide bonds. The van der Waals surface area contributed by atoms with Crippen LogP contribution in [0.1, 0.15) is 17.3 Å². The maximum absolute atomic E-state index is 12.7. The molecule has 2 N–H and O–H groups in total. The summed E-state index contributed by atoms with van der Waals surface area (Å²) in [6.07, 6.45) is 0. The molecule has 3 rings (SSSR count). The molecule has 0 saturated heterocycles. The van der Waals surface area contributed by atoms with E-state index in [0.29, 0.717) is 23.7 Å². The first-order valence-electron chi connectivity index (χ1n) is 9.87. The first-order chi connectivity index (χ1) is 15.9. The summed E-state index contributed by atoms with van der Waals surface area (Å²) >= 11 is 5.97. The number of anilines is 2. The third kappa shape index (κ3) is 6.44. The van der Waals surface area contributed by atoms with Gasteiger partial charge in [0.05, 0.1) is 27.8 Å². The Labute approximate surface area is 194 Å². The van der Waals surface area contributed by atoms with E-state index >= 15 is 0 Å². The maximum Gasteiger partial charge on any atom is 0.271 e. The number of non-ortho nitro benzene ring substituents is 1. The summed E-state index contributed by atoms with van der Waals surface area (Å²) in [6.45, 7) is 2.01. The highest BCUT2D eigenvalue weighted by atomic mass is 35.5. The van der Waals surface area contributed by atoms with Gasteiger partial charge in [0.1, 0.15) is 11.5 Å². The van der Waals surface area contributed by atoms with Gasteiger partial charge in [0.15, 0.2) is 6.61 Å². The topological polar surface area (TPSA) is 120 Å². The number of hydrogen-bond donors (Lipinski definition) is 2. The maximum atomic E-state index is 12.7. The Kier molecular flexibility index (Phi) is 7.82. The Hall–Kier alpha value is -4.11. The molecule has 0 atom stereocenters.